The molecule has 0 aliphatic carbocycles. The standard InChI is InChI=1S/C16H25NO/c1-13-6-5-7-14(15(13)16(2,3)4)12-17-8-10-18-11-9-17/h5-7H,8-12H2,1-4H3/i5D,6D,7D,8D2,9D2,10D2,11D2,12D2. The summed E-state index contributed by atoms with van der Waals surface area (Å²) >= 11 is 0. The van der Waals surface area contributed by atoms with Crippen molar-refractivity contribution in [3.8, 4) is 0 Å². The fraction of sp³-hybridized carbons (Fsp3) is 0.625. The van der Waals surface area contributed by atoms with Crippen LogP contribution in [0.3, 0.4) is 0 Å². The van der Waals surface area contributed by atoms with Gasteiger partial charge in [0.15, 0.2) is 0 Å². The summed E-state index contributed by atoms with van der Waals surface area (Å²) in [4.78, 5) is -0.235. The number of benzene rings is 1. The quantitative estimate of drug-likeness (QED) is 0.810. The third-order valence-electron chi connectivity index (χ3n) is 2.45. The van der Waals surface area contributed by atoms with Crippen molar-refractivity contribution in [3.05, 3.63) is 34.8 Å². The molecule has 18 heavy (non-hydrogen) atoms. The third kappa shape index (κ3) is 3.12. The van der Waals surface area contributed by atoms with Crippen molar-refractivity contribution in [2.75, 3.05) is 26.1 Å². The van der Waals surface area contributed by atoms with E-state index in [9.17, 15) is 0 Å². The molecule has 1 aromatic carbocycles. The lowest BCUT2D eigenvalue weighted by Crippen LogP contribution is -2.36. The summed E-state index contributed by atoms with van der Waals surface area (Å²) < 4.78 is 110. The van der Waals surface area contributed by atoms with E-state index in [0.29, 0.717) is 0 Å². The van der Waals surface area contributed by atoms with Gasteiger partial charge in [0.1, 0.15) is 0 Å². The summed E-state index contributed by atoms with van der Waals surface area (Å²) in [6, 6.07) is -1.79. The first-order valence-corrected chi connectivity index (χ1v) is 5.58. The second-order valence-corrected chi connectivity index (χ2v) is 4.98. The lowest BCUT2D eigenvalue weighted by Gasteiger charge is -2.31. The van der Waals surface area contributed by atoms with Gasteiger partial charge in [-0.1, -0.05) is 38.9 Å². The number of hydrogen-bond donors (Lipinski definition) is 0. The van der Waals surface area contributed by atoms with Gasteiger partial charge in [-0.2, -0.15) is 0 Å². The number of ether oxygens (including phenoxy) is 1. The largest absolute Gasteiger partial charge is 0.379 e. The molecular formula is C16H25NO. The van der Waals surface area contributed by atoms with Gasteiger partial charge < -0.3 is 4.74 Å². The minimum Gasteiger partial charge on any atom is -0.379 e. The summed E-state index contributed by atoms with van der Waals surface area (Å²) in [5.41, 5.74) is -1.37. The van der Waals surface area contributed by atoms with E-state index in [1.165, 1.54) is 6.92 Å². The molecule has 0 aromatic heterocycles. The average molecular weight is 260 g/mol. The van der Waals surface area contributed by atoms with Crippen molar-refractivity contribution in [2.45, 2.75) is 39.6 Å². The molecule has 0 spiro atoms. The minimum absolute atomic E-state index is 0.0581. The SMILES string of the molecule is [2H]c1c([2H])c(C)c(C(C)(C)C)c(C([2H])([2H])N2C([2H])([2H])C([2H])([2H])OC([2H])([2H])C2([2H])[2H])c1[2H]. The van der Waals surface area contributed by atoms with Gasteiger partial charge in [-0.05, 0) is 29.0 Å². The lowest BCUT2D eigenvalue weighted by molar-refractivity contribution is 0.0340. The topological polar surface area (TPSA) is 12.5 Å². The molecule has 0 N–H and O–H groups in total. The van der Waals surface area contributed by atoms with E-state index >= 15 is 0 Å². The normalized spacial score (nSPS) is 40.6. The molecule has 2 rings (SSSR count). The number of nitrogens with zero attached hydrogens (tertiary/aromatic N) is 1. The lowest BCUT2D eigenvalue weighted by atomic mass is 9.81. The molecule has 2 heteroatoms. The van der Waals surface area contributed by atoms with Crippen LogP contribution < -0.4 is 0 Å². The zero-order valence-corrected chi connectivity index (χ0v) is 10.9. The smallest absolute Gasteiger partial charge is 0.0626 e. The van der Waals surface area contributed by atoms with Crippen LogP contribution in [0.2, 0.25) is 0 Å². The molecule has 0 radical (unpaired) electrons. The molecule has 2 nitrogen and oxygen atoms in total. The average Bonchev–Trinajstić information content (AvgIpc) is 2.51. The number of hydrogen-bond acceptors (Lipinski definition) is 2. The van der Waals surface area contributed by atoms with Crippen molar-refractivity contribution in [1.82, 2.24) is 4.90 Å². The Morgan fingerprint density at radius 2 is 2.06 bits per heavy atom. The Balaban J connectivity index is 3.04. The fourth-order valence-corrected chi connectivity index (χ4v) is 1.88. The first kappa shape index (κ1) is 4.60. The Kier molecular flexibility index (Phi) is 1.39. The zero-order valence-electron chi connectivity index (χ0n) is 23.9. The van der Waals surface area contributed by atoms with Crippen LogP contribution in [0.15, 0.2) is 18.1 Å². The maximum absolute atomic E-state index is 8.71. The first-order chi connectivity index (χ1) is 13.5. The van der Waals surface area contributed by atoms with Crippen molar-refractivity contribution < 1.29 is 22.6 Å². The predicted molar refractivity (Wildman–Crippen MR) is 76.0 cm³/mol. The number of rotatable bonds is 2. The molecule has 0 unspecified atom stereocenters. The maximum Gasteiger partial charge on any atom is 0.0626 e. The maximum atomic E-state index is 8.71. The summed E-state index contributed by atoms with van der Waals surface area (Å²) in [6.07, 6.45) is 0. The highest BCUT2D eigenvalue weighted by Gasteiger charge is 2.21. The molecule has 0 bridgehead atoms. The Labute approximate surface area is 129 Å². The van der Waals surface area contributed by atoms with Gasteiger partial charge in [-0.3, -0.25) is 4.90 Å². The summed E-state index contributed by atoms with van der Waals surface area (Å²) in [5, 5.41) is 0. The fourth-order valence-electron chi connectivity index (χ4n) is 1.88. The Hall–Kier alpha value is -0.860. The summed E-state index contributed by atoms with van der Waals surface area (Å²) in [7, 11) is 0. The first-order valence-electron chi connectivity index (χ1n) is 12.1. The van der Waals surface area contributed by atoms with Crippen molar-refractivity contribution >= 4 is 0 Å². The molecule has 1 heterocycles. The molecule has 0 atom stereocenters. The molecule has 1 aliphatic rings. The molecule has 0 saturated carbocycles. The molecular weight excluding hydrogens is 222 g/mol. The molecule has 1 saturated heterocycles. The Morgan fingerprint density at radius 1 is 1.39 bits per heavy atom. The van der Waals surface area contributed by atoms with Gasteiger partial charge in [0, 0.05) is 27.7 Å². The van der Waals surface area contributed by atoms with Crippen LogP contribution in [0.25, 0.3) is 0 Å². The van der Waals surface area contributed by atoms with Crippen LogP contribution in [0.4, 0.5) is 0 Å². The van der Waals surface area contributed by atoms with Crippen molar-refractivity contribution in [1.29, 1.82) is 0 Å². The van der Waals surface area contributed by atoms with E-state index in [0.717, 1.165) is 0 Å². The van der Waals surface area contributed by atoms with Crippen LogP contribution in [0, 0.1) is 6.92 Å². The van der Waals surface area contributed by atoms with E-state index in [-0.39, 0.29) is 22.1 Å². The number of morpholine rings is 1. The van der Waals surface area contributed by atoms with E-state index in [2.05, 4.69) is 4.74 Å². The van der Waals surface area contributed by atoms with E-state index in [1.54, 1.807) is 20.8 Å². The minimum atomic E-state index is -3.52. The Bertz CT molecular complexity index is 878. The predicted octanol–water partition coefficient (Wildman–Crippen LogP) is 3.12. The van der Waals surface area contributed by atoms with Crippen LogP contribution in [0.5, 0.6) is 0 Å². The molecule has 0 amide bonds. The van der Waals surface area contributed by atoms with Crippen LogP contribution in [-0.2, 0) is 16.6 Å². The van der Waals surface area contributed by atoms with E-state index in [4.69, 9.17) is 17.8 Å². The van der Waals surface area contributed by atoms with Gasteiger partial charge in [-0.25, -0.2) is 0 Å². The van der Waals surface area contributed by atoms with E-state index in [1.807, 2.05) is 0 Å². The highest BCUT2D eigenvalue weighted by Crippen LogP contribution is 2.29. The van der Waals surface area contributed by atoms with Crippen LogP contribution in [0.1, 0.15) is 55.3 Å². The highest BCUT2D eigenvalue weighted by molar-refractivity contribution is 5.39. The summed E-state index contributed by atoms with van der Waals surface area (Å²) in [6.45, 7) is -10.9. The third-order valence-corrected chi connectivity index (χ3v) is 2.45. The van der Waals surface area contributed by atoms with Crippen molar-refractivity contribution in [2.24, 2.45) is 0 Å². The summed E-state index contributed by atoms with van der Waals surface area (Å²) in [5.74, 6) is 0. The molecule has 1 aromatic rings. The van der Waals surface area contributed by atoms with E-state index < -0.39 is 55.7 Å². The second-order valence-electron chi connectivity index (χ2n) is 4.98. The van der Waals surface area contributed by atoms with Gasteiger partial charge in [0.25, 0.3) is 0 Å². The highest BCUT2D eigenvalue weighted by atomic mass is 16.5. The van der Waals surface area contributed by atoms with Crippen molar-refractivity contribution in [3.63, 3.8) is 0 Å². The molecule has 100 valence electrons. The van der Waals surface area contributed by atoms with Gasteiger partial charge in [0.05, 0.1) is 22.7 Å². The Morgan fingerprint density at radius 3 is 2.67 bits per heavy atom. The molecule has 1 aliphatic heterocycles. The second kappa shape index (κ2) is 5.41. The van der Waals surface area contributed by atoms with Crippen LogP contribution >= 0.6 is 0 Å². The van der Waals surface area contributed by atoms with Crippen LogP contribution in [-0.4, -0.2) is 31.0 Å². The zero-order chi connectivity index (χ0) is 24.7. The van der Waals surface area contributed by atoms with Gasteiger partial charge in [0.2, 0.25) is 0 Å². The molecule has 1 fully saturated rings. The van der Waals surface area contributed by atoms with Gasteiger partial charge >= 0.3 is 0 Å². The monoisotopic (exact) mass is 260 g/mol. The van der Waals surface area contributed by atoms with Gasteiger partial charge in [-0.15, -0.1) is 0 Å².